The van der Waals surface area contributed by atoms with Crippen molar-refractivity contribution in [3.8, 4) is 16.9 Å². The van der Waals surface area contributed by atoms with Crippen LogP contribution in [0.25, 0.3) is 11.1 Å². The molecule has 2 aromatic carbocycles. The Hall–Kier alpha value is -3.55. The topological polar surface area (TPSA) is 143 Å². The lowest BCUT2D eigenvalue weighted by Gasteiger charge is -2.08. The minimum atomic E-state index is -1.83. The van der Waals surface area contributed by atoms with Gasteiger partial charge in [0.1, 0.15) is 11.6 Å². The minimum Gasteiger partial charge on any atom is -0.494 e. The average Bonchev–Trinajstić information content (AvgIpc) is 2.65. The number of nitrogens with two attached hydrogens (primary N) is 1. The van der Waals surface area contributed by atoms with E-state index in [1.807, 2.05) is 48.5 Å². The largest absolute Gasteiger partial charge is 0.503 e. The molecule has 27 heavy (non-hydrogen) atoms. The van der Waals surface area contributed by atoms with E-state index < -0.39 is 6.16 Å². The second kappa shape index (κ2) is 11.1. The number of benzene rings is 2. The summed E-state index contributed by atoms with van der Waals surface area (Å²) >= 11 is 0. The number of ether oxygens (including phenoxy) is 2. The van der Waals surface area contributed by atoms with E-state index in [1.165, 1.54) is 7.11 Å². The van der Waals surface area contributed by atoms with Crippen molar-refractivity contribution in [2.75, 3.05) is 13.7 Å². The van der Waals surface area contributed by atoms with Crippen LogP contribution in [0.4, 0.5) is 4.79 Å². The first kappa shape index (κ1) is 21.5. The number of hydrogen-bond acceptors (Lipinski definition) is 5. The lowest BCUT2D eigenvalue weighted by molar-refractivity contribution is -0.140. The van der Waals surface area contributed by atoms with Gasteiger partial charge in [0.25, 0.3) is 0 Å². The molecular weight excluding hydrogens is 352 g/mol. The Labute approximate surface area is 156 Å². The van der Waals surface area contributed by atoms with E-state index >= 15 is 0 Å². The molecule has 8 nitrogen and oxygen atoms in total. The Morgan fingerprint density at radius 3 is 1.93 bits per heavy atom. The Balaban J connectivity index is 0.000000828. The van der Waals surface area contributed by atoms with Crippen molar-refractivity contribution in [1.29, 1.82) is 5.41 Å². The number of esters is 1. The van der Waals surface area contributed by atoms with Crippen LogP contribution >= 0.6 is 0 Å². The van der Waals surface area contributed by atoms with Crippen molar-refractivity contribution in [3.05, 3.63) is 54.1 Å². The summed E-state index contributed by atoms with van der Waals surface area (Å²) in [6.07, 6.45) is -0.849. The molecule has 0 fully saturated rings. The number of carboxylic acid groups (broad SMARTS) is 2. The molecule has 5 N–H and O–H groups in total. The van der Waals surface area contributed by atoms with Crippen LogP contribution in [0.2, 0.25) is 0 Å². The molecule has 0 bridgehead atoms. The fourth-order valence-corrected chi connectivity index (χ4v) is 2.09. The van der Waals surface area contributed by atoms with Crippen LogP contribution in [0, 0.1) is 5.41 Å². The molecule has 0 amide bonds. The number of carbonyl (C=O) groups excluding carboxylic acids is 1. The van der Waals surface area contributed by atoms with Gasteiger partial charge in [-0.3, -0.25) is 10.2 Å². The number of methoxy groups -OCH3 is 1. The fourth-order valence-electron chi connectivity index (χ4n) is 2.09. The number of nitrogens with one attached hydrogen (secondary N) is 1. The molecule has 0 aromatic heterocycles. The highest BCUT2D eigenvalue weighted by atomic mass is 16.6. The predicted octanol–water partition coefficient (Wildman–Crippen LogP) is 3.19. The van der Waals surface area contributed by atoms with Crippen molar-refractivity contribution in [1.82, 2.24) is 0 Å². The number of rotatable bonds is 7. The molecule has 0 aliphatic heterocycles. The lowest BCUT2D eigenvalue weighted by Crippen LogP contribution is -2.10. The SMILES string of the molecule is COC(=O)CCCOc1ccc(-c2ccc(C(=N)N)cc2)cc1.O=C(O)O. The Kier molecular flexibility index (Phi) is 8.87. The van der Waals surface area contributed by atoms with E-state index in [4.69, 9.17) is 30.9 Å². The van der Waals surface area contributed by atoms with Crippen LogP contribution < -0.4 is 10.5 Å². The summed E-state index contributed by atoms with van der Waals surface area (Å²) in [5, 5.41) is 21.3. The summed E-state index contributed by atoms with van der Waals surface area (Å²) in [7, 11) is 1.38. The van der Waals surface area contributed by atoms with Gasteiger partial charge in [-0.1, -0.05) is 36.4 Å². The summed E-state index contributed by atoms with van der Waals surface area (Å²) in [4.78, 5) is 19.5. The van der Waals surface area contributed by atoms with Gasteiger partial charge in [-0.2, -0.15) is 0 Å². The monoisotopic (exact) mass is 374 g/mol. The highest BCUT2D eigenvalue weighted by Crippen LogP contribution is 2.23. The quantitative estimate of drug-likeness (QED) is 0.252. The molecule has 0 aliphatic carbocycles. The van der Waals surface area contributed by atoms with Gasteiger partial charge in [0.2, 0.25) is 0 Å². The zero-order chi connectivity index (χ0) is 20.2. The highest BCUT2D eigenvalue weighted by molar-refractivity contribution is 5.95. The standard InChI is InChI=1S/C18H20N2O3.CH2O3/c1-22-17(21)3-2-12-23-16-10-8-14(9-11-16)13-4-6-15(7-5-13)18(19)20;2-1(3)4/h4-11H,2-3,12H2,1H3,(H3,19,20);(H2,2,3,4). The molecule has 0 aliphatic rings. The third kappa shape index (κ3) is 8.39. The molecule has 0 radical (unpaired) electrons. The zero-order valence-corrected chi connectivity index (χ0v) is 14.8. The van der Waals surface area contributed by atoms with E-state index in [0.717, 1.165) is 16.9 Å². The number of carbonyl (C=O) groups is 2. The number of hydrogen-bond donors (Lipinski definition) is 4. The second-order valence-electron chi connectivity index (χ2n) is 5.33. The van der Waals surface area contributed by atoms with Crippen LogP contribution in [0.5, 0.6) is 5.75 Å². The maximum Gasteiger partial charge on any atom is 0.503 e. The summed E-state index contributed by atoms with van der Waals surface area (Å²) in [6.45, 7) is 0.474. The smallest absolute Gasteiger partial charge is 0.494 e. The number of amidine groups is 1. The minimum absolute atomic E-state index is 0.0623. The van der Waals surface area contributed by atoms with Crippen LogP contribution in [-0.2, 0) is 9.53 Å². The van der Waals surface area contributed by atoms with Crippen molar-refractivity contribution in [3.63, 3.8) is 0 Å². The lowest BCUT2D eigenvalue weighted by atomic mass is 10.0. The molecule has 0 atom stereocenters. The number of nitrogen functional groups attached to an aromatic ring is 1. The van der Waals surface area contributed by atoms with Gasteiger partial charge in [0, 0.05) is 12.0 Å². The van der Waals surface area contributed by atoms with Crippen molar-refractivity contribution in [2.45, 2.75) is 12.8 Å². The molecule has 0 heterocycles. The Morgan fingerprint density at radius 1 is 1.00 bits per heavy atom. The third-order valence-corrected chi connectivity index (χ3v) is 3.41. The van der Waals surface area contributed by atoms with Gasteiger partial charge >= 0.3 is 12.1 Å². The van der Waals surface area contributed by atoms with E-state index in [2.05, 4.69) is 4.74 Å². The molecular formula is C19H22N2O6. The first-order valence-corrected chi connectivity index (χ1v) is 8.00. The van der Waals surface area contributed by atoms with Gasteiger partial charge in [0.05, 0.1) is 13.7 Å². The van der Waals surface area contributed by atoms with E-state index in [-0.39, 0.29) is 11.8 Å². The van der Waals surface area contributed by atoms with Crippen LogP contribution in [0.1, 0.15) is 18.4 Å². The molecule has 0 spiro atoms. The second-order valence-corrected chi connectivity index (χ2v) is 5.33. The van der Waals surface area contributed by atoms with Gasteiger partial charge in [-0.05, 0) is 29.7 Å². The van der Waals surface area contributed by atoms with Gasteiger partial charge in [0.15, 0.2) is 0 Å². The van der Waals surface area contributed by atoms with Gasteiger partial charge in [-0.25, -0.2) is 4.79 Å². The maximum atomic E-state index is 11.0. The maximum absolute atomic E-state index is 11.0. The highest BCUT2D eigenvalue weighted by Gasteiger charge is 2.02. The first-order chi connectivity index (χ1) is 12.8. The van der Waals surface area contributed by atoms with E-state index in [1.54, 1.807) is 0 Å². The molecule has 0 saturated carbocycles. The Bertz CT molecular complexity index is 753. The third-order valence-electron chi connectivity index (χ3n) is 3.41. The normalized spacial score (nSPS) is 9.52. The van der Waals surface area contributed by atoms with Crippen molar-refractivity contribution < 1.29 is 29.3 Å². The van der Waals surface area contributed by atoms with E-state index in [9.17, 15) is 4.79 Å². The fraction of sp³-hybridized carbons (Fsp3) is 0.211. The van der Waals surface area contributed by atoms with Gasteiger partial charge < -0.3 is 25.4 Å². The van der Waals surface area contributed by atoms with Crippen LogP contribution in [-0.4, -0.2) is 41.9 Å². The van der Waals surface area contributed by atoms with Crippen LogP contribution in [0.15, 0.2) is 48.5 Å². The van der Waals surface area contributed by atoms with Crippen LogP contribution in [0.3, 0.4) is 0 Å². The first-order valence-electron chi connectivity index (χ1n) is 8.00. The summed E-state index contributed by atoms with van der Waals surface area (Å²) in [6, 6.07) is 15.3. The molecule has 8 heteroatoms. The summed E-state index contributed by atoms with van der Waals surface area (Å²) in [5.41, 5.74) is 8.26. The molecule has 0 unspecified atom stereocenters. The molecule has 2 rings (SSSR count). The Morgan fingerprint density at radius 2 is 1.48 bits per heavy atom. The average molecular weight is 374 g/mol. The van der Waals surface area contributed by atoms with Crippen molar-refractivity contribution >= 4 is 18.0 Å². The zero-order valence-electron chi connectivity index (χ0n) is 14.8. The van der Waals surface area contributed by atoms with E-state index in [0.29, 0.717) is 25.0 Å². The summed E-state index contributed by atoms with van der Waals surface area (Å²) in [5.74, 6) is 0.601. The molecule has 2 aromatic rings. The van der Waals surface area contributed by atoms with Gasteiger partial charge in [-0.15, -0.1) is 0 Å². The summed E-state index contributed by atoms with van der Waals surface area (Å²) < 4.78 is 10.2. The van der Waals surface area contributed by atoms with Crippen molar-refractivity contribution in [2.24, 2.45) is 5.73 Å². The predicted molar refractivity (Wildman–Crippen MR) is 100 cm³/mol. The molecule has 144 valence electrons. The molecule has 0 saturated heterocycles.